The highest BCUT2D eigenvalue weighted by molar-refractivity contribution is 5.93. The lowest BCUT2D eigenvalue weighted by molar-refractivity contribution is 0.0394. The molecule has 0 spiro atoms. The van der Waals surface area contributed by atoms with Crippen LogP contribution in [0.1, 0.15) is 35.1 Å². The van der Waals surface area contributed by atoms with Crippen molar-refractivity contribution in [3.63, 3.8) is 0 Å². The number of furan rings is 1. The molecule has 2 aromatic rings. The van der Waals surface area contributed by atoms with Crippen molar-refractivity contribution in [2.75, 3.05) is 26.2 Å². The van der Waals surface area contributed by atoms with Crippen molar-refractivity contribution in [2.24, 2.45) is 0 Å². The molecule has 1 N–H and O–H groups in total. The molecule has 1 aliphatic heterocycles. The molecule has 0 radical (unpaired) electrons. The molecule has 1 aliphatic rings. The number of aromatic nitrogens is 2. The molecule has 0 aliphatic carbocycles. The molecule has 0 saturated carbocycles. The van der Waals surface area contributed by atoms with Crippen molar-refractivity contribution in [1.29, 1.82) is 0 Å². The van der Waals surface area contributed by atoms with E-state index in [0.29, 0.717) is 25.1 Å². The van der Waals surface area contributed by atoms with Gasteiger partial charge in [0.2, 0.25) is 0 Å². The predicted octanol–water partition coefficient (Wildman–Crippen LogP) is 1.34. The van der Waals surface area contributed by atoms with Crippen LogP contribution in [0.3, 0.4) is 0 Å². The standard InChI is InChI=1S/C18H24N4O3/c1-2-17-19-9-15(10-20-17)18(24)22-6-5-21(16(12-22)3-7-23)11-14-4-8-25-13-14/h4,8-10,13,16,23H,2-3,5-7,11-12H2,1H3/t16-/m0/s1. The second kappa shape index (κ2) is 8.22. The van der Waals surface area contributed by atoms with Crippen molar-refractivity contribution in [2.45, 2.75) is 32.4 Å². The monoisotopic (exact) mass is 344 g/mol. The van der Waals surface area contributed by atoms with Gasteiger partial charge in [0, 0.05) is 63.2 Å². The van der Waals surface area contributed by atoms with Crippen LogP contribution >= 0.6 is 0 Å². The van der Waals surface area contributed by atoms with E-state index in [1.165, 1.54) is 0 Å². The number of rotatable bonds is 6. The number of hydrogen-bond acceptors (Lipinski definition) is 6. The van der Waals surface area contributed by atoms with Crippen LogP contribution in [0.5, 0.6) is 0 Å². The molecule has 7 heteroatoms. The minimum atomic E-state index is -0.0476. The summed E-state index contributed by atoms with van der Waals surface area (Å²) < 4.78 is 5.13. The van der Waals surface area contributed by atoms with E-state index < -0.39 is 0 Å². The quantitative estimate of drug-likeness (QED) is 0.851. The smallest absolute Gasteiger partial charge is 0.257 e. The number of hydrogen-bond donors (Lipinski definition) is 1. The second-order valence-electron chi connectivity index (χ2n) is 6.26. The molecule has 3 heterocycles. The molecule has 25 heavy (non-hydrogen) atoms. The van der Waals surface area contributed by atoms with Gasteiger partial charge in [-0.15, -0.1) is 0 Å². The molecule has 0 unspecified atom stereocenters. The summed E-state index contributed by atoms with van der Waals surface area (Å²) >= 11 is 0. The molecule has 0 aromatic carbocycles. The van der Waals surface area contributed by atoms with Crippen LogP contribution in [0.4, 0.5) is 0 Å². The average Bonchev–Trinajstić information content (AvgIpc) is 3.16. The summed E-state index contributed by atoms with van der Waals surface area (Å²) in [5.41, 5.74) is 1.62. The first kappa shape index (κ1) is 17.6. The third-order valence-electron chi connectivity index (χ3n) is 4.59. The maximum absolute atomic E-state index is 12.7. The number of aliphatic hydroxyl groups excluding tert-OH is 1. The number of amides is 1. The van der Waals surface area contributed by atoms with Gasteiger partial charge in [-0.05, 0) is 12.5 Å². The molecule has 1 atom stereocenters. The van der Waals surface area contributed by atoms with Crippen LogP contribution in [0.25, 0.3) is 0 Å². The Morgan fingerprint density at radius 1 is 1.36 bits per heavy atom. The van der Waals surface area contributed by atoms with Gasteiger partial charge in [-0.3, -0.25) is 9.69 Å². The minimum Gasteiger partial charge on any atom is -0.472 e. The summed E-state index contributed by atoms with van der Waals surface area (Å²) in [5.74, 6) is 0.688. The Hall–Kier alpha value is -2.25. The first-order valence-corrected chi connectivity index (χ1v) is 8.67. The second-order valence-corrected chi connectivity index (χ2v) is 6.26. The molecule has 1 saturated heterocycles. The normalized spacial score (nSPS) is 18.5. The highest BCUT2D eigenvalue weighted by Gasteiger charge is 2.30. The van der Waals surface area contributed by atoms with Crippen LogP contribution in [0.2, 0.25) is 0 Å². The van der Waals surface area contributed by atoms with Crippen molar-refractivity contribution in [3.05, 3.63) is 47.9 Å². The van der Waals surface area contributed by atoms with Gasteiger partial charge < -0.3 is 14.4 Å². The minimum absolute atomic E-state index is 0.0476. The topological polar surface area (TPSA) is 82.7 Å². The molecule has 2 aromatic heterocycles. The highest BCUT2D eigenvalue weighted by atomic mass is 16.3. The number of aryl methyl sites for hydroxylation is 1. The third kappa shape index (κ3) is 4.24. The summed E-state index contributed by atoms with van der Waals surface area (Å²) in [6.07, 6.45) is 7.99. The van der Waals surface area contributed by atoms with E-state index in [0.717, 1.165) is 30.9 Å². The molecule has 1 fully saturated rings. The van der Waals surface area contributed by atoms with E-state index in [1.807, 2.05) is 17.9 Å². The van der Waals surface area contributed by atoms with E-state index in [2.05, 4.69) is 14.9 Å². The van der Waals surface area contributed by atoms with E-state index in [9.17, 15) is 9.90 Å². The lowest BCUT2D eigenvalue weighted by Gasteiger charge is -2.41. The Bertz CT molecular complexity index is 672. The Labute approximate surface area is 147 Å². The van der Waals surface area contributed by atoms with E-state index >= 15 is 0 Å². The van der Waals surface area contributed by atoms with Gasteiger partial charge >= 0.3 is 0 Å². The third-order valence-corrected chi connectivity index (χ3v) is 4.59. The SMILES string of the molecule is CCc1ncc(C(=O)N2CCN(Cc3ccoc3)[C@@H](CCO)C2)cn1. The first-order valence-electron chi connectivity index (χ1n) is 8.67. The maximum atomic E-state index is 12.7. The highest BCUT2D eigenvalue weighted by Crippen LogP contribution is 2.18. The number of carbonyl (C=O) groups excluding carboxylic acids is 1. The van der Waals surface area contributed by atoms with Crippen LogP contribution < -0.4 is 0 Å². The van der Waals surface area contributed by atoms with Gasteiger partial charge in [-0.1, -0.05) is 6.92 Å². The fourth-order valence-electron chi connectivity index (χ4n) is 3.16. The van der Waals surface area contributed by atoms with E-state index in [-0.39, 0.29) is 18.6 Å². The summed E-state index contributed by atoms with van der Waals surface area (Å²) in [5, 5.41) is 9.39. The largest absolute Gasteiger partial charge is 0.472 e. The van der Waals surface area contributed by atoms with Gasteiger partial charge in [-0.2, -0.15) is 0 Å². The maximum Gasteiger partial charge on any atom is 0.257 e. The lowest BCUT2D eigenvalue weighted by atomic mass is 10.1. The zero-order valence-corrected chi connectivity index (χ0v) is 14.5. The molecule has 1 amide bonds. The van der Waals surface area contributed by atoms with Crippen LogP contribution in [0.15, 0.2) is 35.4 Å². The van der Waals surface area contributed by atoms with Crippen molar-refractivity contribution >= 4 is 5.91 Å². The summed E-state index contributed by atoms with van der Waals surface area (Å²) in [4.78, 5) is 25.3. The molecule has 0 bridgehead atoms. The van der Waals surface area contributed by atoms with Gasteiger partial charge in [0.15, 0.2) is 0 Å². The van der Waals surface area contributed by atoms with Gasteiger partial charge in [0.25, 0.3) is 5.91 Å². The number of piperazine rings is 1. The Balaban J connectivity index is 1.66. The number of carbonyl (C=O) groups is 1. The molecule has 7 nitrogen and oxygen atoms in total. The van der Waals surface area contributed by atoms with Crippen LogP contribution in [-0.2, 0) is 13.0 Å². The Morgan fingerprint density at radius 3 is 2.80 bits per heavy atom. The summed E-state index contributed by atoms with van der Waals surface area (Å²) in [7, 11) is 0. The fraction of sp³-hybridized carbons (Fsp3) is 0.500. The van der Waals surface area contributed by atoms with E-state index in [1.54, 1.807) is 24.9 Å². The Kier molecular flexibility index (Phi) is 5.78. The summed E-state index contributed by atoms with van der Waals surface area (Å²) in [6, 6.07) is 2.06. The van der Waals surface area contributed by atoms with Crippen molar-refractivity contribution in [1.82, 2.24) is 19.8 Å². The molecular weight excluding hydrogens is 320 g/mol. The zero-order chi connectivity index (χ0) is 17.6. The van der Waals surface area contributed by atoms with Gasteiger partial charge in [0.1, 0.15) is 5.82 Å². The fourth-order valence-corrected chi connectivity index (χ4v) is 3.16. The molecular formula is C18H24N4O3. The number of nitrogens with zero attached hydrogens (tertiary/aromatic N) is 4. The average molecular weight is 344 g/mol. The lowest BCUT2D eigenvalue weighted by Crippen LogP contribution is -2.54. The van der Waals surface area contributed by atoms with E-state index in [4.69, 9.17) is 4.42 Å². The van der Waals surface area contributed by atoms with Gasteiger partial charge in [-0.25, -0.2) is 9.97 Å². The van der Waals surface area contributed by atoms with Crippen LogP contribution in [0, 0.1) is 0 Å². The van der Waals surface area contributed by atoms with Crippen molar-refractivity contribution in [3.8, 4) is 0 Å². The Morgan fingerprint density at radius 2 is 2.16 bits per heavy atom. The van der Waals surface area contributed by atoms with Crippen LogP contribution in [-0.4, -0.2) is 63.1 Å². The first-order chi connectivity index (χ1) is 12.2. The zero-order valence-electron chi connectivity index (χ0n) is 14.5. The summed E-state index contributed by atoms with van der Waals surface area (Å²) in [6.45, 7) is 4.84. The van der Waals surface area contributed by atoms with Crippen molar-refractivity contribution < 1.29 is 14.3 Å². The predicted molar refractivity (Wildman–Crippen MR) is 91.9 cm³/mol. The molecule has 134 valence electrons. The molecule has 3 rings (SSSR count). The number of aliphatic hydroxyl groups is 1. The van der Waals surface area contributed by atoms with Gasteiger partial charge in [0.05, 0.1) is 18.1 Å².